The molecule has 0 aliphatic carbocycles. The van der Waals surface area contributed by atoms with Gasteiger partial charge in [0.15, 0.2) is 0 Å². The Labute approximate surface area is 111 Å². The van der Waals surface area contributed by atoms with Crippen molar-refractivity contribution in [2.45, 2.75) is 13.5 Å². The molecular formula is C15H14ClN2+. The normalized spacial score (nSPS) is 13.9. The Hall–Kier alpha value is -1.80. The van der Waals surface area contributed by atoms with E-state index in [9.17, 15) is 0 Å². The minimum Gasteiger partial charge on any atom is -0.286 e. The maximum atomic E-state index is 6.24. The average Bonchev–Trinajstić information content (AvgIpc) is 2.68. The van der Waals surface area contributed by atoms with Crippen molar-refractivity contribution < 1.29 is 4.58 Å². The minimum atomic E-state index is 0.756. The van der Waals surface area contributed by atoms with Crippen LogP contribution in [0.5, 0.6) is 0 Å². The number of benzene rings is 2. The third-order valence-corrected chi connectivity index (χ3v) is 3.60. The first-order valence-corrected chi connectivity index (χ1v) is 6.29. The summed E-state index contributed by atoms with van der Waals surface area (Å²) in [4.78, 5) is 0. The number of halogens is 1. The number of hydrogen-bond acceptors (Lipinski definition) is 1. The minimum absolute atomic E-state index is 0.756. The van der Waals surface area contributed by atoms with E-state index in [1.165, 1.54) is 5.56 Å². The van der Waals surface area contributed by atoms with Gasteiger partial charge in [0.25, 0.3) is 5.84 Å². The molecule has 3 rings (SSSR count). The van der Waals surface area contributed by atoms with Crippen molar-refractivity contribution in [2.75, 3.05) is 0 Å². The topological polar surface area (TPSA) is 29.0 Å². The lowest BCUT2D eigenvalue weighted by molar-refractivity contribution is -0.453. The van der Waals surface area contributed by atoms with Crippen molar-refractivity contribution in [1.82, 2.24) is 0 Å². The molecule has 2 nitrogen and oxygen atoms in total. The van der Waals surface area contributed by atoms with E-state index in [2.05, 4.69) is 23.6 Å². The number of rotatable bonds is 1. The maximum Gasteiger partial charge on any atom is 0.280 e. The number of hydrogen-bond donors (Lipinski definition) is 1. The second-order valence-electron chi connectivity index (χ2n) is 4.56. The summed E-state index contributed by atoms with van der Waals surface area (Å²) >= 11 is 5.99. The fourth-order valence-electron chi connectivity index (χ4n) is 2.45. The Kier molecular flexibility index (Phi) is 2.60. The molecule has 2 aromatic rings. The zero-order valence-corrected chi connectivity index (χ0v) is 10.9. The molecule has 2 aromatic carbocycles. The lowest BCUT2D eigenvalue weighted by Crippen LogP contribution is -2.20. The van der Waals surface area contributed by atoms with Gasteiger partial charge in [0, 0.05) is 10.6 Å². The lowest BCUT2D eigenvalue weighted by Gasteiger charge is -2.06. The molecule has 1 heterocycles. The molecule has 0 unspecified atom stereocenters. The number of nitrogens with zero attached hydrogens (tertiary/aromatic N) is 1. The van der Waals surface area contributed by atoms with Crippen LogP contribution in [0.25, 0.3) is 0 Å². The lowest BCUT2D eigenvalue weighted by atomic mass is 10.1. The summed E-state index contributed by atoms with van der Waals surface area (Å²) in [6.45, 7) is 2.88. The fraction of sp³-hybridized carbons (Fsp3) is 0.133. The Morgan fingerprint density at radius 3 is 2.67 bits per heavy atom. The molecule has 0 aromatic heterocycles. The predicted octanol–water partition coefficient (Wildman–Crippen LogP) is 3.21. The smallest absolute Gasteiger partial charge is 0.280 e. The van der Waals surface area contributed by atoms with Gasteiger partial charge in [0.2, 0.25) is 0 Å². The van der Waals surface area contributed by atoms with Crippen LogP contribution in [0, 0.1) is 6.92 Å². The molecule has 3 heteroatoms. The van der Waals surface area contributed by atoms with Gasteiger partial charge in [-0.1, -0.05) is 29.8 Å². The highest BCUT2D eigenvalue weighted by molar-refractivity contribution is 6.30. The quantitative estimate of drug-likeness (QED) is 0.781. The van der Waals surface area contributed by atoms with E-state index < -0.39 is 0 Å². The van der Waals surface area contributed by atoms with E-state index in [1.807, 2.05) is 30.3 Å². The second-order valence-corrected chi connectivity index (χ2v) is 5.00. The zero-order chi connectivity index (χ0) is 12.7. The van der Waals surface area contributed by atoms with E-state index in [0.717, 1.165) is 34.2 Å². The SMILES string of the molecule is Cc1cc(Cl)ccc1[N+]1=C(N)c2ccccc2C1. The molecule has 0 bridgehead atoms. The van der Waals surface area contributed by atoms with Crippen LogP contribution in [0.3, 0.4) is 0 Å². The monoisotopic (exact) mass is 257 g/mol. The summed E-state index contributed by atoms with van der Waals surface area (Å²) in [6.07, 6.45) is 0. The predicted molar refractivity (Wildman–Crippen MR) is 74.6 cm³/mol. The van der Waals surface area contributed by atoms with E-state index in [4.69, 9.17) is 17.3 Å². The molecule has 1 aliphatic heterocycles. The number of fused-ring (bicyclic) bond motifs is 1. The first-order valence-electron chi connectivity index (χ1n) is 5.91. The highest BCUT2D eigenvalue weighted by Gasteiger charge is 2.26. The molecule has 0 fully saturated rings. The summed E-state index contributed by atoms with van der Waals surface area (Å²) in [6, 6.07) is 14.1. The number of aryl methyl sites for hydroxylation is 1. The van der Waals surface area contributed by atoms with Crippen molar-refractivity contribution in [3.05, 3.63) is 64.2 Å². The van der Waals surface area contributed by atoms with Crippen LogP contribution in [-0.2, 0) is 6.54 Å². The Bertz CT molecular complexity index is 659. The molecule has 90 valence electrons. The van der Waals surface area contributed by atoms with Gasteiger partial charge in [-0.05, 0) is 36.8 Å². The van der Waals surface area contributed by atoms with Crippen molar-refractivity contribution >= 4 is 23.1 Å². The molecular weight excluding hydrogens is 244 g/mol. The third kappa shape index (κ3) is 1.70. The van der Waals surface area contributed by atoms with Gasteiger partial charge in [-0.25, -0.2) is 4.58 Å². The molecule has 2 N–H and O–H groups in total. The summed E-state index contributed by atoms with van der Waals surface area (Å²) in [5.74, 6) is 0.816. The molecule has 1 aliphatic rings. The Morgan fingerprint density at radius 2 is 1.94 bits per heavy atom. The third-order valence-electron chi connectivity index (χ3n) is 3.36. The van der Waals surface area contributed by atoms with Crippen LogP contribution >= 0.6 is 11.6 Å². The van der Waals surface area contributed by atoms with E-state index in [1.54, 1.807) is 0 Å². The molecule has 0 spiro atoms. The summed E-state index contributed by atoms with van der Waals surface area (Å²) < 4.78 is 2.14. The zero-order valence-electron chi connectivity index (χ0n) is 10.2. The first-order chi connectivity index (χ1) is 8.66. The molecule has 0 radical (unpaired) electrons. The first kappa shape index (κ1) is 11.3. The van der Waals surface area contributed by atoms with Crippen LogP contribution in [0.15, 0.2) is 42.5 Å². The molecule has 0 amide bonds. The van der Waals surface area contributed by atoms with Crippen LogP contribution in [0.4, 0.5) is 5.69 Å². The average molecular weight is 258 g/mol. The Balaban J connectivity index is 2.13. The van der Waals surface area contributed by atoms with Gasteiger partial charge < -0.3 is 0 Å². The molecule has 0 saturated carbocycles. The van der Waals surface area contributed by atoms with Gasteiger partial charge in [-0.15, -0.1) is 0 Å². The van der Waals surface area contributed by atoms with Crippen molar-refractivity contribution in [3.8, 4) is 0 Å². The van der Waals surface area contributed by atoms with Crippen LogP contribution in [-0.4, -0.2) is 10.4 Å². The maximum absolute atomic E-state index is 6.24. The number of nitrogens with two attached hydrogens (primary N) is 1. The van der Waals surface area contributed by atoms with E-state index >= 15 is 0 Å². The van der Waals surface area contributed by atoms with Gasteiger partial charge in [-0.2, -0.15) is 0 Å². The fourth-order valence-corrected chi connectivity index (χ4v) is 2.67. The summed E-state index contributed by atoms with van der Waals surface area (Å²) in [5.41, 5.74) is 10.9. The highest BCUT2D eigenvalue weighted by atomic mass is 35.5. The largest absolute Gasteiger partial charge is 0.286 e. The molecule has 0 saturated heterocycles. The van der Waals surface area contributed by atoms with Crippen LogP contribution in [0.1, 0.15) is 16.7 Å². The van der Waals surface area contributed by atoms with E-state index in [-0.39, 0.29) is 0 Å². The van der Waals surface area contributed by atoms with Crippen molar-refractivity contribution in [1.29, 1.82) is 0 Å². The van der Waals surface area contributed by atoms with Gasteiger partial charge in [0.1, 0.15) is 12.2 Å². The Morgan fingerprint density at radius 1 is 1.17 bits per heavy atom. The van der Waals surface area contributed by atoms with Crippen molar-refractivity contribution in [3.63, 3.8) is 0 Å². The van der Waals surface area contributed by atoms with Crippen molar-refractivity contribution in [2.24, 2.45) is 5.73 Å². The van der Waals surface area contributed by atoms with Crippen LogP contribution < -0.4 is 5.73 Å². The summed E-state index contributed by atoms with van der Waals surface area (Å²) in [7, 11) is 0. The summed E-state index contributed by atoms with van der Waals surface area (Å²) in [5, 5.41) is 0.756. The van der Waals surface area contributed by atoms with Gasteiger partial charge in [0.05, 0.1) is 5.56 Å². The number of amidine groups is 1. The van der Waals surface area contributed by atoms with E-state index in [0.29, 0.717) is 0 Å². The molecule has 0 atom stereocenters. The van der Waals surface area contributed by atoms with Crippen LogP contribution in [0.2, 0.25) is 5.02 Å². The second kappa shape index (κ2) is 4.14. The molecule has 18 heavy (non-hydrogen) atoms. The highest BCUT2D eigenvalue weighted by Crippen LogP contribution is 2.28. The van der Waals surface area contributed by atoms with Gasteiger partial charge in [-0.3, -0.25) is 5.73 Å². The van der Waals surface area contributed by atoms with Gasteiger partial charge >= 0.3 is 0 Å². The standard InChI is InChI=1S/C15H13ClN2/c1-10-8-12(16)6-7-14(10)18-9-11-4-2-3-5-13(11)15(18)17/h2-8,17H,9H2,1H3/p+1.